The molecule has 1 aliphatic carbocycles. The molecule has 4 aromatic carbocycles. The summed E-state index contributed by atoms with van der Waals surface area (Å²) < 4.78 is 11.9. The first kappa shape index (κ1) is 26.2. The molecule has 0 saturated carbocycles. The van der Waals surface area contributed by atoms with Crippen LogP contribution >= 0.6 is 11.6 Å². The molecule has 5 heteroatoms. The highest BCUT2D eigenvalue weighted by Crippen LogP contribution is 2.50. The van der Waals surface area contributed by atoms with E-state index in [-0.39, 0.29) is 6.04 Å². The summed E-state index contributed by atoms with van der Waals surface area (Å²) in [4.78, 5) is 4.74. The fourth-order valence-corrected chi connectivity index (χ4v) is 5.91. The van der Waals surface area contributed by atoms with Crippen molar-refractivity contribution in [1.29, 1.82) is 0 Å². The number of fused-ring (bicyclic) bond motifs is 3. The van der Waals surface area contributed by atoms with Gasteiger partial charge in [-0.15, -0.1) is 0 Å². The summed E-state index contributed by atoms with van der Waals surface area (Å²) in [5.41, 5.74) is 8.06. The van der Waals surface area contributed by atoms with Gasteiger partial charge in [0.25, 0.3) is 0 Å². The van der Waals surface area contributed by atoms with Crippen molar-refractivity contribution >= 4 is 29.2 Å². The highest BCUT2D eigenvalue weighted by molar-refractivity contribution is 6.31. The number of halogens is 1. The average Bonchev–Trinajstić information content (AvgIpc) is 3.47. The van der Waals surface area contributed by atoms with Crippen LogP contribution in [0.1, 0.15) is 53.1 Å². The number of benzene rings is 4. The number of nitrogens with zero attached hydrogens (tertiary/aromatic N) is 1. The Morgan fingerprint density at radius 2 is 1.80 bits per heavy atom. The molecule has 0 radical (unpaired) electrons. The molecule has 0 aromatic heterocycles. The van der Waals surface area contributed by atoms with E-state index in [1.54, 1.807) is 0 Å². The van der Waals surface area contributed by atoms with Crippen LogP contribution in [0.3, 0.4) is 0 Å². The molecule has 1 heterocycles. The number of hydrogen-bond donors (Lipinski definition) is 1. The molecule has 4 nitrogen and oxygen atoms in total. The maximum Gasteiger partial charge on any atom is 0.161 e. The standard InChI is InChI=1S/C35H33ClN2O2/c1-3-39-34-20-24(12-18-33(34)40-22-26-7-4-5-10-31(26)36)21-37-27-15-13-25(14-16-27)35-29-9-6-8-28(29)30-19-23(2)11-17-32(30)38-35/h4-8,10-21,28-29,35,38H,3,9,22H2,1-2H3/t28-,29-,35+/m1/s1. The molecule has 0 spiro atoms. The van der Waals surface area contributed by atoms with Gasteiger partial charge in [0.15, 0.2) is 11.5 Å². The van der Waals surface area contributed by atoms with Crippen molar-refractivity contribution in [2.45, 2.75) is 38.8 Å². The smallest absolute Gasteiger partial charge is 0.161 e. The monoisotopic (exact) mass is 548 g/mol. The lowest BCUT2D eigenvalue weighted by Crippen LogP contribution is -2.29. The molecule has 3 atom stereocenters. The van der Waals surface area contributed by atoms with Gasteiger partial charge >= 0.3 is 0 Å². The first-order valence-electron chi connectivity index (χ1n) is 13.9. The van der Waals surface area contributed by atoms with Crippen LogP contribution in [0.4, 0.5) is 11.4 Å². The Bertz CT molecular complexity index is 1560. The molecule has 4 aromatic rings. The van der Waals surface area contributed by atoms with E-state index in [4.69, 9.17) is 26.1 Å². The van der Waals surface area contributed by atoms with E-state index < -0.39 is 0 Å². The number of ether oxygens (including phenoxy) is 2. The third kappa shape index (κ3) is 5.50. The molecule has 202 valence electrons. The maximum absolute atomic E-state index is 6.28. The first-order valence-corrected chi connectivity index (χ1v) is 14.3. The van der Waals surface area contributed by atoms with Crippen LogP contribution in [0, 0.1) is 12.8 Å². The Hall–Kier alpha value is -4.02. The van der Waals surface area contributed by atoms with Crippen molar-refractivity contribution in [3.8, 4) is 11.5 Å². The molecule has 0 bridgehead atoms. The van der Waals surface area contributed by atoms with Crippen LogP contribution in [-0.2, 0) is 6.61 Å². The van der Waals surface area contributed by atoms with Crippen LogP contribution < -0.4 is 14.8 Å². The van der Waals surface area contributed by atoms with E-state index in [9.17, 15) is 0 Å². The van der Waals surface area contributed by atoms with Gasteiger partial charge in [-0.3, -0.25) is 4.99 Å². The summed E-state index contributed by atoms with van der Waals surface area (Å²) in [5, 5.41) is 4.51. The summed E-state index contributed by atoms with van der Waals surface area (Å²) in [5.74, 6) is 2.36. The highest BCUT2D eigenvalue weighted by atomic mass is 35.5. The Balaban J connectivity index is 1.16. The van der Waals surface area contributed by atoms with Gasteiger partial charge in [-0.25, -0.2) is 0 Å². The minimum absolute atomic E-state index is 0.278. The minimum Gasteiger partial charge on any atom is -0.490 e. The number of anilines is 1. The predicted octanol–water partition coefficient (Wildman–Crippen LogP) is 9.20. The molecule has 2 aliphatic rings. The molecule has 0 saturated heterocycles. The Kier molecular flexibility index (Phi) is 7.61. The fourth-order valence-electron chi connectivity index (χ4n) is 5.72. The zero-order chi connectivity index (χ0) is 27.5. The zero-order valence-corrected chi connectivity index (χ0v) is 23.6. The lowest BCUT2D eigenvalue weighted by atomic mass is 9.76. The first-order chi connectivity index (χ1) is 19.6. The van der Waals surface area contributed by atoms with E-state index in [1.807, 2.05) is 55.6 Å². The molecule has 1 aliphatic heterocycles. The second kappa shape index (κ2) is 11.6. The number of aliphatic imine (C=N–C) groups is 1. The van der Waals surface area contributed by atoms with Crippen molar-refractivity contribution in [2.75, 3.05) is 11.9 Å². The van der Waals surface area contributed by atoms with Crippen LogP contribution in [-0.4, -0.2) is 12.8 Å². The molecule has 1 N–H and O–H groups in total. The van der Waals surface area contributed by atoms with Crippen LogP contribution in [0.15, 0.2) is 102 Å². The van der Waals surface area contributed by atoms with E-state index in [2.05, 4.69) is 66.9 Å². The van der Waals surface area contributed by atoms with Gasteiger partial charge in [0.05, 0.1) is 18.3 Å². The quantitative estimate of drug-likeness (QED) is 0.176. The van der Waals surface area contributed by atoms with Crippen LogP contribution in [0.5, 0.6) is 11.5 Å². The lowest BCUT2D eigenvalue weighted by Gasteiger charge is -2.37. The molecule has 40 heavy (non-hydrogen) atoms. The SMILES string of the molecule is CCOc1cc(C=Nc2ccc([C@@H]3Nc4ccc(C)cc4[C@@H]4C=CC[C@H]43)cc2)ccc1OCc1ccccc1Cl. The number of allylic oxidation sites excluding steroid dienone is 2. The van der Waals surface area contributed by atoms with Gasteiger partial charge < -0.3 is 14.8 Å². The normalized spacial score (nSPS) is 19.2. The predicted molar refractivity (Wildman–Crippen MR) is 165 cm³/mol. The van der Waals surface area contributed by atoms with E-state index in [0.717, 1.165) is 23.2 Å². The summed E-state index contributed by atoms with van der Waals surface area (Å²) in [6.07, 6.45) is 7.68. The minimum atomic E-state index is 0.278. The molecule has 0 amide bonds. The number of rotatable bonds is 8. The highest BCUT2D eigenvalue weighted by Gasteiger charge is 2.37. The van der Waals surface area contributed by atoms with Crippen molar-refractivity contribution in [3.05, 3.63) is 130 Å². The lowest BCUT2D eigenvalue weighted by molar-refractivity contribution is 0.269. The third-order valence-corrected chi connectivity index (χ3v) is 8.11. The summed E-state index contributed by atoms with van der Waals surface area (Å²) in [7, 11) is 0. The van der Waals surface area contributed by atoms with E-state index in [0.29, 0.717) is 41.6 Å². The van der Waals surface area contributed by atoms with Crippen molar-refractivity contribution in [1.82, 2.24) is 0 Å². The summed E-state index contributed by atoms with van der Waals surface area (Å²) >= 11 is 6.28. The van der Waals surface area contributed by atoms with E-state index >= 15 is 0 Å². The average molecular weight is 549 g/mol. The molecular weight excluding hydrogens is 516 g/mol. The van der Waals surface area contributed by atoms with Crippen molar-refractivity contribution in [2.24, 2.45) is 10.9 Å². The van der Waals surface area contributed by atoms with Crippen molar-refractivity contribution in [3.63, 3.8) is 0 Å². The summed E-state index contributed by atoms with van der Waals surface area (Å²) in [6.45, 7) is 5.05. The van der Waals surface area contributed by atoms with Gasteiger partial charge in [-0.2, -0.15) is 0 Å². The topological polar surface area (TPSA) is 42.8 Å². The van der Waals surface area contributed by atoms with Crippen LogP contribution in [0.2, 0.25) is 5.02 Å². The Morgan fingerprint density at radius 3 is 2.62 bits per heavy atom. The van der Waals surface area contributed by atoms with Gasteiger partial charge in [-0.1, -0.05) is 71.8 Å². The van der Waals surface area contributed by atoms with E-state index in [1.165, 1.54) is 22.4 Å². The van der Waals surface area contributed by atoms with Gasteiger partial charge in [-0.05, 0) is 85.3 Å². The second-order valence-corrected chi connectivity index (χ2v) is 10.8. The summed E-state index contributed by atoms with van der Waals surface area (Å²) in [6, 6.07) is 29.2. The number of nitrogens with one attached hydrogen (secondary N) is 1. The Labute approximate surface area is 241 Å². The Morgan fingerprint density at radius 1 is 0.950 bits per heavy atom. The second-order valence-electron chi connectivity index (χ2n) is 10.4. The molecular formula is C35H33ClN2O2. The van der Waals surface area contributed by atoms with Gasteiger partial charge in [0.2, 0.25) is 0 Å². The maximum atomic E-state index is 6.28. The zero-order valence-electron chi connectivity index (χ0n) is 22.8. The molecule has 0 fully saturated rings. The molecule has 0 unspecified atom stereocenters. The van der Waals surface area contributed by atoms with Gasteiger partial charge in [0, 0.05) is 28.4 Å². The molecule has 6 rings (SSSR count). The number of hydrogen-bond acceptors (Lipinski definition) is 4. The van der Waals surface area contributed by atoms with Gasteiger partial charge in [0.1, 0.15) is 6.61 Å². The third-order valence-electron chi connectivity index (χ3n) is 7.74. The largest absolute Gasteiger partial charge is 0.490 e. The fraction of sp³-hybridized carbons (Fsp3) is 0.229. The van der Waals surface area contributed by atoms with Crippen LogP contribution in [0.25, 0.3) is 0 Å². The number of aryl methyl sites for hydroxylation is 1. The van der Waals surface area contributed by atoms with Crippen molar-refractivity contribution < 1.29 is 9.47 Å².